The first kappa shape index (κ1) is 20.6. The second-order valence-corrected chi connectivity index (χ2v) is 8.16. The van der Waals surface area contributed by atoms with Crippen molar-refractivity contribution in [3.63, 3.8) is 0 Å². The zero-order chi connectivity index (χ0) is 20.9. The fourth-order valence-corrected chi connectivity index (χ4v) is 4.52. The van der Waals surface area contributed by atoms with Crippen molar-refractivity contribution < 1.29 is 13.9 Å². The van der Waals surface area contributed by atoms with E-state index in [2.05, 4.69) is 21.2 Å². The standard InChI is InChI=1S/C22H25FN4O2S/c1-2-29-18-7-8-19-20(15-18)30-22(25-19)27-13-11-26(12-14-27)10-9-24-21(28)16-3-5-17(23)6-4-16/h3-8,15H,2,9-14H2,1H3,(H,24,28). The van der Waals surface area contributed by atoms with Crippen LogP contribution >= 0.6 is 11.3 Å². The number of aromatic nitrogens is 1. The van der Waals surface area contributed by atoms with Crippen molar-refractivity contribution in [1.82, 2.24) is 15.2 Å². The molecule has 1 aliphatic heterocycles. The van der Waals surface area contributed by atoms with Gasteiger partial charge < -0.3 is 15.0 Å². The number of amides is 1. The molecule has 6 nitrogen and oxygen atoms in total. The first-order valence-corrected chi connectivity index (χ1v) is 11.0. The van der Waals surface area contributed by atoms with Gasteiger partial charge in [0.1, 0.15) is 11.6 Å². The van der Waals surface area contributed by atoms with E-state index in [0.29, 0.717) is 18.7 Å². The van der Waals surface area contributed by atoms with Gasteiger partial charge in [0.25, 0.3) is 5.91 Å². The van der Waals surface area contributed by atoms with Crippen molar-refractivity contribution in [2.45, 2.75) is 6.92 Å². The quantitative estimate of drug-likeness (QED) is 0.625. The summed E-state index contributed by atoms with van der Waals surface area (Å²) in [6, 6.07) is 11.6. The lowest BCUT2D eigenvalue weighted by Gasteiger charge is -2.34. The van der Waals surface area contributed by atoms with Gasteiger partial charge >= 0.3 is 0 Å². The molecule has 0 unspecified atom stereocenters. The molecule has 1 fully saturated rings. The van der Waals surface area contributed by atoms with Crippen molar-refractivity contribution in [3.8, 4) is 5.75 Å². The van der Waals surface area contributed by atoms with Crippen molar-refractivity contribution in [2.75, 3.05) is 50.8 Å². The van der Waals surface area contributed by atoms with Gasteiger partial charge in [-0.2, -0.15) is 0 Å². The van der Waals surface area contributed by atoms with Crippen molar-refractivity contribution in [2.24, 2.45) is 0 Å². The number of nitrogens with zero attached hydrogens (tertiary/aromatic N) is 3. The minimum Gasteiger partial charge on any atom is -0.494 e. The molecule has 1 saturated heterocycles. The molecule has 2 aromatic carbocycles. The zero-order valence-electron chi connectivity index (χ0n) is 16.9. The molecule has 0 atom stereocenters. The minimum atomic E-state index is -0.340. The van der Waals surface area contributed by atoms with Gasteiger partial charge in [-0.25, -0.2) is 9.37 Å². The number of nitrogens with one attached hydrogen (secondary N) is 1. The van der Waals surface area contributed by atoms with Gasteiger partial charge in [-0.15, -0.1) is 0 Å². The minimum absolute atomic E-state index is 0.172. The van der Waals surface area contributed by atoms with E-state index in [0.717, 1.165) is 53.8 Å². The number of fused-ring (bicyclic) bond motifs is 1. The predicted octanol–water partition coefficient (Wildman–Crippen LogP) is 3.39. The van der Waals surface area contributed by atoms with Crippen LogP contribution in [0.25, 0.3) is 10.2 Å². The van der Waals surface area contributed by atoms with Crippen LogP contribution in [0.1, 0.15) is 17.3 Å². The zero-order valence-corrected chi connectivity index (χ0v) is 17.8. The molecule has 0 saturated carbocycles. The number of piperazine rings is 1. The fourth-order valence-electron chi connectivity index (χ4n) is 3.48. The second-order valence-electron chi connectivity index (χ2n) is 7.15. The summed E-state index contributed by atoms with van der Waals surface area (Å²) in [5, 5.41) is 3.95. The molecule has 158 valence electrons. The Hall–Kier alpha value is -2.71. The van der Waals surface area contributed by atoms with Crippen LogP contribution in [0.2, 0.25) is 0 Å². The Morgan fingerprint density at radius 2 is 1.93 bits per heavy atom. The highest BCUT2D eigenvalue weighted by molar-refractivity contribution is 7.22. The third-order valence-electron chi connectivity index (χ3n) is 5.12. The summed E-state index contributed by atoms with van der Waals surface area (Å²) in [6.07, 6.45) is 0. The molecular weight excluding hydrogens is 403 g/mol. The average molecular weight is 429 g/mol. The molecule has 4 rings (SSSR count). The number of hydrogen-bond donors (Lipinski definition) is 1. The van der Waals surface area contributed by atoms with Crippen LogP contribution in [0.3, 0.4) is 0 Å². The Kier molecular flexibility index (Phi) is 6.44. The third-order valence-corrected chi connectivity index (χ3v) is 6.20. The number of hydrogen-bond acceptors (Lipinski definition) is 6. The lowest BCUT2D eigenvalue weighted by Crippen LogP contribution is -2.48. The summed E-state index contributed by atoms with van der Waals surface area (Å²) in [6.45, 7) is 7.66. The van der Waals surface area contributed by atoms with E-state index in [9.17, 15) is 9.18 Å². The molecule has 1 aromatic heterocycles. The maximum absolute atomic E-state index is 13.0. The number of anilines is 1. The molecule has 2 heterocycles. The Balaban J connectivity index is 1.25. The van der Waals surface area contributed by atoms with Crippen LogP contribution in [0.15, 0.2) is 42.5 Å². The van der Waals surface area contributed by atoms with Gasteiger partial charge in [0, 0.05) is 44.8 Å². The molecule has 0 radical (unpaired) electrons. The van der Waals surface area contributed by atoms with Crippen LogP contribution in [0.4, 0.5) is 9.52 Å². The van der Waals surface area contributed by atoms with E-state index in [4.69, 9.17) is 9.72 Å². The lowest BCUT2D eigenvalue weighted by atomic mass is 10.2. The molecule has 0 bridgehead atoms. The van der Waals surface area contributed by atoms with E-state index in [1.807, 2.05) is 19.1 Å². The summed E-state index contributed by atoms with van der Waals surface area (Å²) in [5.74, 6) is 0.370. The molecule has 3 aromatic rings. The number of carbonyl (C=O) groups is 1. The number of halogens is 1. The maximum Gasteiger partial charge on any atom is 0.251 e. The van der Waals surface area contributed by atoms with Crippen LogP contribution < -0.4 is 15.0 Å². The Labute approximate surface area is 179 Å². The smallest absolute Gasteiger partial charge is 0.251 e. The maximum atomic E-state index is 13.0. The number of ether oxygens (including phenoxy) is 1. The molecule has 1 N–H and O–H groups in total. The molecule has 8 heteroatoms. The highest BCUT2D eigenvalue weighted by Gasteiger charge is 2.20. The monoisotopic (exact) mass is 428 g/mol. The predicted molar refractivity (Wildman–Crippen MR) is 118 cm³/mol. The summed E-state index contributed by atoms with van der Waals surface area (Å²) in [4.78, 5) is 21.5. The second kappa shape index (κ2) is 9.40. The van der Waals surface area contributed by atoms with Crippen molar-refractivity contribution >= 4 is 32.6 Å². The molecule has 1 aliphatic rings. The highest BCUT2D eigenvalue weighted by atomic mass is 32.1. The number of thiazole rings is 1. The molecule has 0 spiro atoms. The lowest BCUT2D eigenvalue weighted by molar-refractivity contribution is 0.0947. The normalized spacial score (nSPS) is 14.8. The third kappa shape index (κ3) is 4.88. The molecular formula is C22H25FN4O2S. The van der Waals surface area contributed by atoms with Gasteiger partial charge in [0.05, 0.1) is 16.8 Å². The van der Waals surface area contributed by atoms with Crippen molar-refractivity contribution in [3.05, 3.63) is 53.8 Å². The van der Waals surface area contributed by atoms with Gasteiger partial charge in [0.2, 0.25) is 0 Å². The number of carbonyl (C=O) groups excluding carboxylic acids is 1. The summed E-state index contributed by atoms with van der Waals surface area (Å²) in [7, 11) is 0. The highest BCUT2D eigenvalue weighted by Crippen LogP contribution is 2.31. The Morgan fingerprint density at radius 1 is 1.17 bits per heavy atom. The summed E-state index contributed by atoms with van der Waals surface area (Å²) < 4.78 is 19.7. The summed E-state index contributed by atoms with van der Waals surface area (Å²) >= 11 is 1.70. The van der Waals surface area contributed by atoms with E-state index in [1.54, 1.807) is 11.3 Å². The van der Waals surface area contributed by atoms with E-state index >= 15 is 0 Å². The van der Waals surface area contributed by atoms with Crippen LogP contribution in [0, 0.1) is 5.82 Å². The van der Waals surface area contributed by atoms with E-state index < -0.39 is 0 Å². The topological polar surface area (TPSA) is 57.7 Å². The molecule has 30 heavy (non-hydrogen) atoms. The van der Waals surface area contributed by atoms with Crippen LogP contribution in [-0.2, 0) is 0 Å². The van der Waals surface area contributed by atoms with Gasteiger partial charge in [-0.1, -0.05) is 11.3 Å². The fraction of sp³-hybridized carbons (Fsp3) is 0.364. The van der Waals surface area contributed by atoms with Crippen LogP contribution in [0.5, 0.6) is 5.75 Å². The van der Waals surface area contributed by atoms with E-state index in [-0.39, 0.29) is 11.7 Å². The van der Waals surface area contributed by atoms with Gasteiger partial charge in [0.15, 0.2) is 5.13 Å². The Morgan fingerprint density at radius 3 is 2.67 bits per heavy atom. The number of benzene rings is 2. The van der Waals surface area contributed by atoms with Crippen LogP contribution in [-0.4, -0.2) is 61.7 Å². The van der Waals surface area contributed by atoms with Crippen molar-refractivity contribution in [1.29, 1.82) is 0 Å². The number of rotatable bonds is 7. The van der Waals surface area contributed by atoms with Gasteiger partial charge in [-0.3, -0.25) is 9.69 Å². The van der Waals surface area contributed by atoms with E-state index in [1.165, 1.54) is 24.3 Å². The first-order chi connectivity index (χ1) is 14.6. The average Bonchev–Trinajstić information content (AvgIpc) is 3.18. The Bertz CT molecular complexity index is 1000. The molecule has 0 aliphatic carbocycles. The SMILES string of the molecule is CCOc1ccc2nc(N3CCN(CCNC(=O)c4ccc(F)cc4)CC3)sc2c1. The molecule has 1 amide bonds. The first-order valence-electron chi connectivity index (χ1n) is 10.2. The summed E-state index contributed by atoms with van der Waals surface area (Å²) in [5.41, 5.74) is 1.48. The van der Waals surface area contributed by atoms with Gasteiger partial charge in [-0.05, 0) is 49.4 Å². The largest absolute Gasteiger partial charge is 0.494 e.